The number of amides is 1. The van der Waals surface area contributed by atoms with Gasteiger partial charge in [-0.1, -0.05) is 22.0 Å². The number of nitrogens with zero attached hydrogens (tertiary/aromatic N) is 1. The number of nitrogens with one attached hydrogen (secondary N) is 2. The highest BCUT2D eigenvalue weighted by atomic mass is 79.9. The maximum Gasteiger partial charge on any atom is 0.256 e. The van der Waals surface area contributed by atoms with E-state index in [1.165, 1.54) is 6.07 Å². The summed E-state index contributed by atoms with van der Waals surface area (Å²) in [6.07, 6.45) is 0. The molecule has 1 aromatic carbocycles. The molecule has 1 amide bonds. The molecule has 1 aromatic rings. The zero-order chi connectivity index (χ0) is 13.3. The van der Waals surface area contributed by atoms with Crippen LogP contribution in [-0.2, 0) is 10.3 Å². The molecule has 0 aromatic heterocycles. The Morgan fingerprint density at radius 3 is 2.83 bits per heavy atom. The fourth-order valence-electron chi connectivity index (χ4n) is 1.88. The van der Waals surface area contributed by atoms with Crippen molar-refractivity contribution in [3.63, 3.8) is 0 Å². The standard InChI is InChI=1S/C12H13BrFN3O/c1-3-15-11-16-10(18)12(2,17-11)8-5-4-7(13)6-9(8)14/h4-6H,3H2,1-2H3,(H2,15,16,17,18). The van der Waals surface area contributed by atoms with Gasteiger partial charge in [-0.05, 0) is 26.0 Å². The van der Waals surface area contributed by atoms with E-state index in [-0.39, 0.29) is 5.91 Å². The fraction of sp³-hybridized carbons (Fsp3) is 0.333. The maximum absolute atomic E-state index is 13.9. The highest BCUT2D eigenvalue weighted by Crippen LogP contribution is 2.28. The lowest BCUT2D eigenvalue weighted by Gasteiger charge is -2.22. The van der Waals surface area contributed by atoms with E-state index < -0.39 is 11.4 Å². The molecule has 1 unspecified atom stereocenters. The Bertz CT molecular complexity index is 532. The van der Waals surface area contributed by atoms with E-state index >= 15 is 0 Å². The third-order valence-electron chi connectivity index (χ3n) is 2.84. The predicted octanol–water partition coefficient (Wildman–Crippen LogP) is 1.90. The van der Waals surface area contributed by atoms with Gasteiger partial charge in [-0.15, -0.1) is 0 Å². The van der Waals surface area contributed by atoms with Gasteiger partial charge in [-0.25, -0.2) is 4.39 Å². The van der Waals surface area contributed by atoms with Crippen LogP contribution in [0.4, 0.5) is 4.39 Å². The van der Waals surface area contributed by atoms with Crippen molar-refractivity contribution in [2.24, 2.45) is 4.99 Å². The molecule has 0 bridgehead atoms. The van der Waals surface area contributed by atoms with Gasteiger partial charge in [0.15, 0.2) is 5.96 Å². The molecule has 1 saturated heterocycles. The van der Waals surface area contributed by atoms with E-state index in [1.807, 2.05) is 6.92 Å². The van der Waals surface area contributed by atoms with E-state index in [0.717, 1.165) is 0 Å². The first-order valence-corrected chi connectivity index (χ1v) is 6.36. The van der Waals surface area contributed by atoms with Crippen molar-refractivity contribution in [3.8, 4) is 0 Å². The molecule has 0 aliphatic carbocycles. The summed E-state index contributed by atoms with van der Waals surface area (Å²) in [5, 5.41) is 5.54. The minimum Gasteiger partial charge on any atom is -0.338 e. The summed E-state index contributed by atoms with van der Waals surface area (Å²) in [7, 11) is 0. The third kappa shape index (κ3) is 2.12. The van der Waals surface area contributed by atoms with E-state index in [2.05, 4.69) is 31.6 Å². The van der Waals surface area contributed by atoms with Crippen LogP contribution >= 0.6 is 15.9 Å². The summed E-state index contributed by atoms with van der Waals surface area (Å²) in [4.78, 5) is 16.1. The van der Waals surface area contributed by atoms with Crippen LogP contribution in [0.25, 0.3) is 0 Å². The molecule has 1 aliphatic heterocycles. The van der Waals surface area contributed by atoms with E-state index in [1.54, 1.807) is 19.1 Å². The molecule has 18 heavy (non-hydrogen) atoms. The second-order valence-corrected chi connectivity index (χ2v) is 5.07. The first-order chi connectivity index (χ1) is 8.47. The van der Waals surface area contributed by atoms with Gasteiger partial charge in [-0.2, -0.15) is 0 Å². The number of halogens is 2. The van der Waals surface area contributed by atoms with Gasteiger partial charge in [0.1, 0.15) is 11.4 Å². The lowest BCUT2D eigenvalue weighted by molar-refractivity contribution is -0.123. The molecular formula is C12H13BrFN3O. The Morgan fingerprint density at radius 2 is 2.22 bits per heavy atom. The smallest absolute Gasteiger partial charge is 0.256 e. The number of carbonyl (C=O) groups is 1. The van der Waals surface area contributed by atoms with Crippen LogP contribution in [0.3, 0.4) is 0 Å². The molecule has 0 saturated carbocycles. The Hall–Kier alpha value is -1.43. The van der Waals surface area contributed by atoms with Crippen LogP contribution in [0.1, 0.15) is 19.4 Å². The molecule has 2 N–H and O–H groups in total. The van der Waals surface area contributed by atoms with Gasteiger partial charge in [0.2, 0.25) is 0 Å². The Balaban J connectivity index is 2.43. The Morgan fingerprint density at radius 1 is 1.50 bits per heavy atom. The summed E-state index contributed by atoms with van der Waals surface area (Å²) in [6, 6.07) is 4.62. The maximum atomic E-state index is 13.9. The summed E-state index contributed by atoms with van der Waals surface area (Å²) in [5.74, 6) is -0.365. The van der Waals surface area contributed by atoms with Crippen molar-refractivity contribution in [2.75, 3.05) is 6.54 Å². The monoisotopic (exact) mass is 313 g/mol. The van der Waals surface area contributed by atoms with Crippen molar-refractivity contribution < 1.29 is 9.18 Å². The number of hydrogen-bond acceptors (Lipinski definition) is 2. The second kappa shape index (κ2) is 4.68. The van der Waals surface area contributed by atoms with Gasteiger partial charge in [-0.3, -0.25) is 15.1 Å². The molecule has 1 fully saturated rings. The van der Waals surface area contributed by atoms with Gasteiger partial charge >= 0.3 is 0 Å². The predicted molar refractivity (Wildman–Crippen MR) is 70.7 cm³/mol. The molecule has 4 nitrogen and oxygen atoms in total. The quantitative estimate of drug-likeness (QED) is 0.876. The third-order valence-corrected chi connectivity index (χ3v) is 3.33. The number of aliphatic imine (C=N–C) groups is 1. The van der Waals surface area contributed by atoms with Crippen LogP contribution in [0.5, 0.6) is 0 Å². The summed E-state index contributed by atoms with van der Waals surface area (Å²) < 4.78 is 14.6. The summed E-state index contributed by atoms with van der Waals surface area (Å²) in [6.45, 7) is 4.03. The molecule has 1 aliphatic rings. The van der Waals surface area contributed by atoms with Crippen LogP contribution in [0, 0.1) is 5.82 Å². The fourth-order valence-corrected chi connectivity index (χ4v) is 2.21. The SMILES string of the molecule is CCN=C1NC(=O)C(C)(c2ccc(Br)cc2F)N1. The van der Waals surface area contributed by atoms with Crippen molar-refractivity contribution in [1.29, 1.82) is 0 Å². The first-order valence-electron chi connectivity index (χ1n) is 5.57. The van der Waals surface area contributed by atoms with Gasteiger partial charge < -0.3 is 5.32 Å². The van der Waals surface area contributed by atoms with E-state index in [4.69, 9.17) is 0 Å². The highest BCUT2D eigenvalue weighted by Gasteiger charge is 2.43. The first kappa shape index (κ1) is 13.0. The number of guanidine groups is 1. The average Bonchev–Trinajstić information content (AvgIpc) is 2.55. The molecule has 2 rings (SSSR count). The van der Waals surface area contributed by atoms with Gasteiger partial charge in [0, 0.05) is 16.6 Å². The molecule has 6 heteroatoms. The number of rotatable bonds is 2. The van der Waals surface area contributed by atoms with Crippen molar-refractivity contribution in [1.82, 2.24) is 10.6 Å². The topological polar surface area (TPSA) is 53.5 Å². The van der Waals surface area contributed by atoms with Gasteiger partial charge in [0.25, 0.3) is 5.91 Å². The lowest BCUT2D eigenvalue weighted by Crippen LogP contribution is -2.41. The van der Waals surface area contributed by atoms with Crippen LogP contribution in [-0.4, -0.2) is 18.4 Å². The van der Waals surface area contributed by atoms with E-state index in [0.29, 0.717) is 22.5 Å². The van der Waals surface area contributed by atoms with Crippen LogP contribution in [0.15, 0.2) is 27.7 Å². The normalized spacial score (nSPS) is 25.1. The average molecular weight is 314 g/mol. The minimum absolute atomic E-state index is 0.296. The Labute approximate surface area is 113 Å². The van der Waals surface area contributed by atoms with Crippen molar-refractivity contribution in [2.45, 2.75) is 19.4 Å². The molecule has 1 atom stereocenters. The molecular weight excluding hydrogens is 301 g/mol. The highest BCUT2D eigenvalue weighted by molar-refractivity contribution is 9.10. The zero-order valence-corrected chi connectivity index (χ0v) is 11.6. The molecule has 0 radical (unpaired) electrons. The number of benzene rings is 1. The summed E-state index contributed by atoms with van der Waals surface area (Å²) in [5.41, 5.74) is -0.830. The summed E-state index contributed by atoms with van der Waals surface area (Å²) >= 11 is 3.19. The van der Waals surface area contributed by atoms with E-state index in [9.17, 15) is 9.18 Å². The minimum atomic E-state index is -1.13. The zero-order valence-electron chi connectivity index (χ0n) is 10.1. The van der Waals surface area contributed by atoms with Crippen LogP contribution in [0.2, 0.25) is 0 Å². The number of carbonyl (C=O) groups excluding carboxylic acids is 1. The van der Waals surface area contributed by atoms with Gasteiger partial charge in [0.05, 0.1) is 0 Å². The molecule has 96 valence electrons. The van der Waals surface area contributed by atoms with Crippen molar-refractivity contribution in [3.05, 3.63) is 34.1 Å². The van der Waals surface area contributed by atoms with Crippen LogP contribution < -0.4 is 10.6 Å². The number of hydrogen-bond donors (Lipinski definition) is 2. The Kier molecular flexibility index (Phi) is 3.38. The molecule has 1 heterocycles. The lowest BCUT2D eigenvalue weighted by atomic mass is 9.92. The second-order valence-electron chi connectivity index (χ2n) is 4.15. The molecule has 0 spiro atoms. The van der Waals surface area contributed by atoms with Crippen molar-refractivity contribution >= 4 is 27.8 Å². The largest absolute Gasteiger partial charge is 0.338 e.